The van der Waals surface area contributed by atoms with Gasteiger partial charge in [-0.15, -0.1) is 0 Å². The summed E-state index contributed by atoms with van der Waals surface area (Å²) >= 11 is 0. The average molecular weight is 547 g/mol. The molecular weight excluding hydrogens is 512 g/mol. The van der Waals surface area contributed by atoms with Crippen LogP contribution < -0.4 is 15.4 Å². The lowest BCUT2D eigenvalue weighted by molar-refractivity contribution is -0.147. The summed E-state index contributed by atoms with van der Waals surface area (Å²) in [5, 5.41) is 5.35. The quantitative estimate of drug-likeness (QED) is 0.289. The number of rotatable bonds is 11. The fraction of sp³-hybridized carbons (Fsp3) is 0.290. The largest absolute Gasteiger partial charge is 0.465 e. The van der Waals surface area contributed by atoms with Gasteiger partial charge in [0.05, 0.1) is 12.7 Å². The number of nitrogens with one attached hydrogen (secondary N) is 2. The summed E-state index contributed by atoms with van der Waals surface area (Å²) in [7, 11) is 1.28. The Bertz CT molecular complexity index is 1310. The Kier molecular flexibility index (Phi) is 10.4. The molecule has 0 aliphatic heterocycles. The van der Waals surface area contributed by atoms with Gasteiger partial charge in [0.15, 0.2) is 6.61 Å². The van der Waals surface area contributed by atoms with Crippen LogP contribution in [0, 0.1) is 0 Å². The molecule has 0 radical (unpaired) electrons. The molecule has 9 nitrogen and oxygen atoms in total. The number of anilines is 2. The zero-order valence-corrected chi connectivity index (χ0v) is 23.1. The van der Waals surface area contributed by atoms with Gasteiger partial charge >= 0.3 is 11.9 Å². The highest BCUT2D eigenvalue weighted by atomic mass is 16.5. The zero-order chi connectivity index (χ0) is 29.1. The van der Waals surface area contributed by atoms with Gasteiger partial charge in [0.25, 0.3) is 5.91 Å². The molecule has 210 valence electrons. The van der Waals surface area contributed by atoms with Crippen molar-refractivity contribution >= 4 is 35.1 Å². The number of ether oxygens (including phenoxy) is 3. The van der Waals surface area contributed by atoms with Crippen molar-refractivity contribution in [3.8, 4) is 11.5 Å². The topological polar surface area (TPSA) is 120 Å². The zero-order valence-electron chi connectivity index (χ0n) is 23.1. The normalized spacial score (nSPS) is 10.8. The summed E-state index contributed by atoms with van der Waals surface area (Å²) < 4.78 is 15.5. The highest BCUT2D eigenvalue weighted by Gasteiger charge is 2.14. The minimum atomic E-state index is -0.582. The molecule has 2 N–H and O–H groups in total. The summed E-state index contributed by atoms with van der Waals surface area (Å²) in [5.74, 6) is -0.462. The summed E-state index contributed by atoms with van der Waals surface area (Å²) in [6, 6.07) is 21.1. The molecule has 0 aromatic heterocycles. The summed E-state index contributed by atoms with van der Waals surface area (Å²) in [4.78, 5) is 47.6. The van der Waals surface area contributed by atoms with E-state index in [2.05, 4.69) is 36.1 Å². The van der Waals surface area contributed by atoms with Crippen LogP contribution in [0.25, 0.3) is 0 Å². The van der Waals surface area contributed by atoms with Crippen molar-refractivity contribution in [2.75, 3.05) is 24.4 Å². The molecule has 0 unspecified atom stereocenters. The molecule has 0 atom stereocenters. The van der Waals surface area contributed by atoms with Crippen LogP contribution in [0.1, 0.15) is 56.0 Å². The van der Waals surface area contributed by atoms with E-state index in [9.17, 15) is 19.2 Å². The lowest BCUT2D eigenvalue weighted by Crippen LogP contribution is -2.21. The molecule has 40 heavy (non-hydrogen) atoms. The number of carbonyl (C=O) groups is 4. The van der Waals surface area contributed by atoms with E-state index in [-0.39, 0.29) is 30.6 Å². The van der Waals surface area contributed by atoms with Gasteiger partial charge in [0.1, 0.15) is 11.5 Å². The Hall–Kier alpha value is -4.66. The molecule has 0 aliphatic carbocycles. The summed E-state index contributed by atoms with van der Waals surface area (Å²) in [6.07, 6.45) is 0.383. The first kappa shape index (κ1) is 29.9. The minimum absolute atomic E-state index is 0.00465. The van der Waals surface area contributed by atoms with Crippen molar-refractivity contribution in [1.82, 2.24) is 0 Å². The molecule has 0 spiro atoms. The fourth-order valence-corrected chi connectivity index (χ4v) is 3.60. The maximum atomic E-state index is 12.2. The van der Waals surface area contributed by atoms with Crippen molar-refractivity contribution in [3.63, 3.8) is 0 Å². The predicted octanol–water partition coefficient (Wildman–Crippen LogP) is 5.85. The second-order valence-corrected chi connectivity index (χ2v) is 10.1. The van der Waals surface area contributed by atoms with Gasteiger partial charge in [-0.2, -0.15) is 0 Å². The molecule has 0 aliphatic rings. The van der Waals surface area contributed by atoms with E-state index >= 15 is 0 Å². The lowest BCUT2D eigenvalue weighted by atomic mass is 9.87. The number of hydrogen-bond acceptors (Lipinski definition) is 7. The Labute approximate surface area is 233 Å². The van der Waals surface area contributed by atoms with Crippen molar-refractivity contribution in [1.29, 1.82) is 0 Å². The monoisotopic (exact) mass is 546 g/mol. The van der Waals surface area contributed by atoms with E-state index in [1.54, 1.807) is 24.3 Å². The minimum Gasteiger partial charge on any atom is -0.465 e. The Morgan fingerprint density at radius 3 is 1.77 bits per heavy atom. The van der Waals surface area contributed by atoms with Gasteiger partial charge < -0.3 is 24.8 Å². The second-order valence-electron chi connectivity index (χ2n) is 10.1. The molecule has 3 rings (SSSR count). The summed E-state index contributed by atoms with van der Waals surface area (Å²) in [6.45, 7) is 6.00. The maximum Gasteiger partial charge on any atom is 0.337 e. The fourth-order valence-electron chi connectivity index (χ4n) is 3.60. The first-order valence-corrected chi connectivity index (χ1v) is 12.9. The maximum absolute atomic E-state index is 12.2. The second kappa shape index (κ2) is 13.9. The van der Waals surface area contributed by atoms with E-state index in [4.69, 9.17) is 9.47 Å². The van der Waals surface area contributed by atoms with Gasteiger partial charge in [-0.05, 0) is 78.1 Å². The van der Waals surface area contributed by atoms with E-state index in [0.717, 1.165) is 5.75 Å². The third-order valence-corrected chi connectivity index (χ3v) is 5.83. The predicted molar refractivity (Wildman–Crippen MR) is 152 cm³/mol. The van der Waals surface area contributed by atoms with Crippen LogP contribution in [0.5, 0.6) is 11.5 Å². The van der Waals surface area contributed by atoms with Crippen molar-refractivity contribution in [2.45, 2.75) is 45.4 Å². The first-order valence-electron chi connectivity index (χ1n) is 12.9. The van der Waals surface area contributed by atoms with E-state index in [1.807, 2.05) is 24.3 Å². The van der Waals surface area contributed by atoms with Gasteiger partial charge in [-0.3, -0.25) is 14.4 Å². The van der Waals surface area contributed by atoms with Crippen LogP contribution in [-0.2, 0) is 29.3 Å². The first-order chi connectivity index (χ1) is 19.0. The van der Waals surface area contributed by atoms with Gasteiger partial charge in [-0.1, -0.05) is 32.9 Å². The van der Waals surface area contributed by atoms with Crippen molar-refractivity contribution < 1.29 is 33.4 Å². The number of hydrogen-bond donors (Lipinski definition) is 2. The molecule has 0 saturated carbocycles. The van der Waals surface area contributed by atoms with Gasteiger partial charge in [-0.25, -0.2) is 4.79 Å². The molecule has 3 aromatic rings. The highest BCUT2D eigenvalue weighted by molar-refractivity contribution is 5.94. The smallest absolute Gasteiger partial charge is 0.337 e. The van der Waals surface area contributed by atoms with Crippen LogP contribution in [0.3, 0.4) is 0 Å². The Morgan fingerprint density at radius 2 is 1.23 bits per heavy atom. The van der Waals surface area contributed by atoms with Crippen molar-refractivity contribution in [3.05, 3.63) is 83.9 Å². The third-order valence-electron chi connectivity index (χ3n) is 5.83. The third kappa shape index (κ3) is 9.58. The highest BCUT2D eigenvalue weighted by Crippen LogP contribution is 2.27. The molecule has 0 heterocycles. The molecule has 0 fully saturated rings. The molecular formula is C31H34N2O7. The van der Waals surface area contributed by atoms with Crippen LogP contribution in [0.2, 0.25) is 0 Å². The average Bonchev–Trinajstić information content (AvgIpc) is 2.93. The van der Waals surface area contributed by atoms with Gasteiger partial charge in [0, 0.05) is 24.2 Å². The van der Waals surface area contributed by atoms with E-state index in [0.29, 0.717) is 22.7 Å². The molecule has 3 aromatic carbocycles. The Balaban J connectivity index is 1.33. The number of esters is 2. The number of methoxy groups -OCH3 is 1. The van der Waals surface area contributed by atoms with Crippen LogP contribution in [0.15, 0.2) is 72.8 Å². The molecule has 0 saturated heterocycles. The number of carbonyl (C=O) groups excluding carboxylic acids is 4. The molecule has 2 amide bonds. The van der Waals surface area contributed by atoms with E-state index < -0.39 is 24.5 Å². The van der Waals surface area contributed by atoms with Gasteiger partial charge in [0.2, 0.25) is 5.91 Å². The lowest BCUT2D eigenvalue weighted by Gasteiger charge is -2.19. The van der Waals surface area contributed by atoms with Crippen LogP contribution >= 0.6 is 0 Å². The number of amides is 2. The SMILES string of the molecule is COC(=O)c1ccc(NC(=O)COC(=O)CCCC(=O)Nc2ccc(Oc3ccc(C(C)(C)C)cc3)cc2)cc1. The molecule has 0 bridgehead atoms. The van der Waals surface area contributed by atoms with E-state index in [1.165, 1.54) is 36.9 Å². The van der Waals surface area contributed by atoms with Crippen molar-refractivity contribution in [2.24, 2.45) is 0 Å². The Morgan fingerprint density at radius 1 is 0.700 bits per heavy atom. The standard InChI is InChI=1S/C31H34N2O7/c1-31(2,3)22-10-16-25(17-11-22)40-26-18-14-24(15-19-26)32-27(34)6-5-7-29(36)39-20-28(35)33-23-12-8-21(9-13-23)30(37)38-4/h8-19H,5-7,20H2,1-4H3,(H,32,34)(H,33,35). The molecule has 9 heteroatoms. The summed E-state index contributed by atoms with van der Waals surface area (Å²) in [5.41, 5.74) is 2.69. The van der Waals surface area contributed by atoms with Crippen LogP contribution in [-0.4, -0.2) is 37.5 Å². The van der Waals surface area contributed by atoms with Crippen LogP contribution in [0.4, 0.5) is 11.4 Å². The number of benzene rings is 3.